The maximum atomic E-state index is 12.3. The first-order chi connectivity index (χ1) is 12.5. The van der Waals surface area contributed by atoms with Crippen molar-refractivity contribution in [1.29, 1.82) is 0 Å². The summed E-state index contributed by atoms with van der Waals surface area (Å²) in [6, 6.07) is 12.3. The van der Waals surface area contributed by atoms with Crippen molar-refractivity contribution < 1.29 is 9.15 Å². The molecule has 2 heterocycles. The van der Waals surface area contributed by atoms with E-state index in [1.165, 1.54) is 0 Å². The zero-order valence-electron chi connectivity index (χ0n) is 13.5. The highest BCUT2D eigenvalue weighted by atomic mass is 35.5. The summed E-state index contributed by atoms with van der Waals surface area (Å²) < 4.78 is 11.1. The lowest BCUT2D eigenvalue weighted by Crippen LogP contribution is -2.10. The number of ether oxygens (including phenoxy) is 1. The topological polar surface area (TPSA) is 68.1 Å². The van der Waals surface area contributed by atoms with E-state index in [0.29, 0.717) is 33.0 Å². The molecule has 0 fully saturated rings. The van der Waals surface area contributed by atoms with E-state index in [9.17, 15) is 4.79 Å². The van der Waals surface area contributed by atoms with Crippen molar-refractivity contribution in [3.05, 3.63) is 69.4 Å². The minimum Gasteiger partial charge on any atom is -0.493 e. The molecule has 0 aliphatic carbocycles. The number of nitrogens with one attached hydrogen (secondary N) is 1. The first-order valence-corrected chi connectivity index (χ1v) is 8.44. The summed E-state index contributed by atoms with van der Waals surface area (Å²) in [5.74, 6) is 1.40. The largest absolute Gasteiger partial charge is 0.493 e. The summed E-state index contributed by atoms with van der Waals surface area (Å²) in [4.78, 5) is 19.3. The van der Waals surface area contributed by atoms with E-state index in [-0.39, 0.29) is 16.4 Å². The number of fused-ring (bicyclic) bond motifs is 2. The number of benzene rings is 2. The Bertz CT molecular complexity index is 1220. The molecule has 2 aromatic carbocycles. The first-order valence-electron chi connectivity index (χ1n) is 7.69. The summed E-state index contributed by atoms with van der Waals surface area (Å²) in [5.41, 5.74) is 0.816. The van der Waals surface area contributed by atoms with Crippen LogP contribution >= 0.6 is 23.2 Å². The van der Waals surface area contributed by atoms with E-state index < -0.39 is 0 Å². The van der Waals surface area contributed by atoms with Crippen LogP contribution in [-0.4, -0.2) is 17.1 Å². The van der Waals surface area contributed by atoms with Gasteiger partial charge < -0.3 is 14.1 Å². The molecule has 7 heteroatoms. The molecule has 0 saturated carbocycles. The number of furan rings is 1. The Kier molecular flexibility index (Phi) is 4.18. The van der Waals surface area contributed by atoms with Crippen molar-refractivity contribution in [2.75, 3.05) is 7.11 Å². The van der Waals surface area contributed by atoms with Crippen LogP contribution in [0.5, 0.6) is 5.75 Å². The lowest BCUT2D eigenvalue weighted by Gasteiger charge is -2.02. The number of rotatable bonds is 3. The minimum atomic E-state index is -0.315. The standard InChI is InChI=1S/C19H12Cl2N2O3/c1-25-16-4-2-3-10-7-12(26-17(10)16)9-14(21)18-22-15-6-5-11(20)8-13(15)19(24)23-18/h2-9H,1H3,(H,22,23,24)/b14-9-. The average molecular weight is 387 g/mol. The zero-order valence-corrected chi connectivity index (χ0v) is 15.1. The Morgan fingerprint density at radius 2 is 2.12 bits per heavy atom. The second-order valence-electron chi connectivity index (χ2n) is 5.60. The monoisotopic (exact) mass is 386 g/mol. The van der Waals surface area contributed by atoms with Crippen LogP contribution in [0.3, 0.4) is 0 Å². The van der Waals surface area contributed by atoms with Crippen LogP contribution in [0.2, 0.25) is 5.02 Å². The molecule has 4 rings (SSSR count). The van der Waals surface area contributed by atoms with Gasteiger partial charge in [-0.15, -0.1) is 0 Å². The van der Waals surface area contributed by atoms with Gasteiger partial charge in [-0.25, -0.2) is 4.98 Å². The predicted octanol–water partition coefficient (Wildman–Crippen LogP) is 5.07. The molecule has 5 nitrogen and oxygen atoms in total. The molecule has 26 heavy (non-hydrogen) atoms. The summed E-state index contributed by atoms with van der Waals surface area (Å²) >= 11 is 12.3. The molecule has 0 amide bonds. The molecule has 0 radical (unpaired) electrons. The molecule has 130 valence electrons. The third kappa shape index (κ3) is 2.96. The maximum absolute atomic E-state index is 12.3. The molecule has 0 aliphatic rings. The second-order valence-corrected chi connectivity index (χ2v) is 6.44. The number of H-pyrrole nitrogens is 1. The Balaban J connectivity index is 1.80. The quantitative estimate of drug-likeness (QED) is 0.533. The Hall–Kier alpha value is -2.76. The molecule has 0 unspecified atom stereocenters. The zero-order chi connectivity index (χ0) is 18.3. The van der Waals surface area contributed by atoms with Gasteiger partial charge in [-0.05, 0) is 30.3 Å². The van der Waals surface area contributed by atoms with Gasteiger partial charge in [0.2, 0.25) is 0 Å². The van der Waals surface area contributed by atoms with Gasteiger partial charge in [0.25, 0.3) is 5.56 Å². The van der Waals surface area contributed by atoms with Gasteiger partial charge >= 0.3 is 0 Å². The minimum absolute atomic E-state index is 0.247. The summed E-state index contributed by atoms with van der Waals surface area (Å²) in [6.45, 7) is 0. The molecular formula is C19H12Cl2N2O3. The van der Waals surface area contributed by atoms with E-state index in [2.05, 4.69) is 9.97 Å². The average Bonchev–Trinajstić information content (AvgIpc) is 3.04. The highest BCUT2D eigenvalue weighted by Gasteiger charge is 2.11. The molecule has 1 N–H and O–H groups in total. The van der Waals surface area contributed by atoms with Gasteiger partial charge in [0.05, 0.1) is 23.0 Å². The summed E-state index contributed by atoms with van der Waals surface area (Å²) in [7, 11) is 1.58. The van der Waals surface area contributed by atoms with Crippen LogP contribution in [0, 0.1) is 0 Å². The van der Waals surface area contributed by atoms with Crippen molar-refractivity contribution in [3.8, 4) is 5.75 Å². The van der Waals surface area contributed by atoms with Crippen LogP contribution < -0.4 is 10.3 Å². The molecule has 0 spiro atoms. The fourth-order valence-corrected chi connectivity index (χ4v) is 3.07. The number of halogens is 2. The van der Waals surface area contributed by atoms with Crippen molar-refractivity contribution in [2.24, 2.45) is 0 Å². The van der Waals surface area contributed by atoms with Gasteiger partial charge in [-0.1, -0.05) is 35.3 Å². The molecule has 4 aromatic rings. The molecular weight excluding hydrogens is 375 g/mol. The molecule has 0 saturated heterocycles. The Morgan fingerprint density at radius 1 is 1.27 bits per heavy atom. The third-order valence-electron chi connectivity index (χ3n) is 3.91. The van der Waals surface area contributed by atoms with E-state index in [0.717, 1.165) is 5.39 Å². The predicted molar refractivity (Wildman–Crippen MR) is 104 cm³/mol. The summed E-state index contributed by atoms with van der Waals surface area (Å²) in [6.07, 6.45) is 1.60. The van der Waals surface area contributed by atoms with Crippen LogP contribution in [0.15, 0.2) is 51.7 Å². The lowest BCUT2D eigenvalue weighted by molar-refractivity contribution is 0.410. The van der Waals surface area contributed by atoms with Crippen molar-refractivity contribution in [3.63, 3.8) is 0 Å². The highest BCUT2D eigenvalue weighted by molar-refractivity contribution is 6.50. The normalized spacial score (nSPS) is 12.0. The van der Waals surface area contributed by atoms with Gasteiger partial charge in [-0.3, -0.25) is 4.79 Å². The fourth-order valence-electron chi connectivity index (χ4n) is 2.71. The van der Waals surface area contributed by atoms with Crippen molar-refractivity contribution in [2.45, 2.75) is 0 Å². The van der Waals surface area contributed by atoms with Crippen LogP contribution in [0.25, 0.3) is 33.0 Å². The fraction of sp³-hybridized carbons (Fsp3) is 0.0526. The van der Waals surface area contributed by atoms with Crippen molar-refractivity contribution in [1.82, 2.24) is 9.97 Å². The Labute approximate surface area is 157 Å². The molecule has 0 bridgehead atoms. The Morgan fingerprint density at radius 3 is 2.92 bits per heavy atom. The van der Waals surface area contributed by atoms with Gasteiger partial charge in [-0.2, -0.15) is 0 Å². The van der Waals surface area contributed by atoms with E-state index >= 15 is 0 Å². The first kappa shape index (κ1) is 16.7. The highest BCUT2D eigenvalue weighted by Crippen LogP contribution is 2.30. The van der Waals surface area contributed by atoms with E-state index in [1.807, 2.05) is 24.3 Å². The number of nitrogens with zero attached hydrogens (tertiary/aromatic N) is 1. The SMILES string of the molecule is COc1cccc2cc(/C=C(\Cl)c3nc4ccc(Cl)cc4c(=O)[nH]3)oc12. The van der Waals surface area contributed by atoms with Crippen LogP contribution in [0.4, 0.5) is 0 Å². The lowest BCUT2D eigenvalue weighted by atomic mass is 10.2. The molecule has 0 aliphatic heterocycles. The number of hydrogen-bond donors (Lipinski definition) is 1. The summed E-state index contributed by atoms with van der Waals surface area (Å²) in [5, 5.41) is 2.00. The van der Waals surface area contributed by atoms with E-state index in [1.54, 1.807) is 31.4 Å². The number of aromatic nitrogens is 2. The van der Waals surface area contributed by atoms with Gasteiger partial charge in [0.1, 0.15) is 5.76 Å². The van der Waals surface area contributed by atoms with Crippen LogP contribution in [-0.2, 0) is 0 Å². The second kappa shape index (κ2) is 6.52. The van der Waals surface area contributed by atoms with Gasteiger partial charge in [0, 0.05) is 16.5 Å². The van der Waals surface area contributed by atoms with Crippen molar-refractivity contribution >= 4 is 56.2 Å². The molecule has 0 atom stereocenters. The number of aromatic amines is 1. The maximum Gasteiger partial charge on any atom is 0.259 e. The van der Waals surface area contributed by atoms with E-state index in [4.69, 9.17) is 32.4 Å². The number of para-hydroxylation sites is 1. The number of hydrogen-bond acceptors (Lipinski definition) is 4. The molecule has 2 aromatic heterocycles. The van der Waals surface area contributed by atoms with Gasteiger partial charge in [0.15, 0.2) is 17.2 Å². The smallest absolute Gasteiger partial charge is 0.259 e. The van der Waals surface area contributed by atoms with Crippen LogP contribution in [0.1, 0.15) is 11.6 Å². The third-order valence-corrected chi connectivity index (χ3v) is 4.43. The number of methoxy groups -OCH3 is 1.